The van der Waals surface area contributed by atoms with Gasteiger partial charge in [-0.1, -0.05) is 0 Å². The van der Waals surface area contributed by atoms with E-state index in [1.165, 1.54) is 6.92 Å². The number of aromatic hydroxyl groups is 1. The zero-order valence-corrected chi connectivity index (χ0v) is 5.36. The lowest BCUT2D eigenvalue weighted by Gasteiger charge is -1.97. The van der Waals surface area contributed by atoms with E-state index in [2.05, 4.69) is 0 Å². The number of aryl methyl sites for hydroxylation is 1. The molecule has 1 aromatic carbocycles. The molecule has 0 unspecified atom stereocenters. The molecule has 0 aromatic heterocycles. The van der Waals surface area contributed by atoms with Crippen molar-refractivity contribution in [3.05, 3.63) is 29.3 Å². The van der Waals surface area contributed by atoms with Gasteiger partial charge in [-0.15, -0.1) is 0 Å². The molecule has 0 bridgehead atoms. The molecular weight excluding hydrogens is 138 g/mol. The first-order chi connectivity index (χ1) is 4.61. The van der Waals surface area contributed by atoms with E-state index in [0.717, 1.165) is 12.1 Å². The summed E-state index contributed by atoms with van der Waals surface area (Å²) in [6.07, 6.45) is 0. The van der Waals surface area contributed by atoms with Gasteiger partial charge in [0.1, 0.15) is 5.82 Å². The number of halogens is 2. The summed E-state index contributed by atoms with van der Waals surface area (Å²) in [5, 5.41) is 8.61. The van der Waals surface area contributed by atoms with Crippen LogP contribution in [0.25, 0.3) is 0 Å². The maximum absolute atomic E-state index is 12.4. The van der Waals surface area contributed by atoms with Crippen molar-refractivity contribution in [1.82, 2.24) is 0 Å². The predicted molar refractivity (Wildman–Crippen MR) is 32.8 cm³/mol. The van der Waals surface area contributed by atoms with E-state index in [9.17, 15) is 8.78 Å². The van der Waals surface area contributed by atoms with Crippen LogP contribution in [0, 0.1) is 18.6 Å². The number of phenols is 1. The van der Waals surface area contributed by atoms with E-state index in [1.54, 1.807) is 0 Å². The minimum atomic E-state index is -0.793. The fourth-order valence-corrected chi connectivity index (χ4v) is 0.636. The highest BCUT2D eigenvalue weighted by atomic mass is 19.1. The Bertz CT molecular complexity index is 208. The maximum atomic E-state index is 12.4. The molecular formula is C7H6F2O. The van der Waals surface area contributed by atoms with Crippen molar-refractivity contribution in [3.8, 4) is 5.75 Å². The van der Waals surface area contributed by atoms with Crippen molar-refractivity contribution in [2.24, 2.45) is 0 Å². The molecule has 0 aliphatic rings. The summed E-state index contributed by atoms with van der Waals surface area (Å²) in [5.74, 6) is -2.04. The maximum Gasteiger partial charge on any atom is 0.165 e. The van der Waals surface area contributed by atoms with Gasteiger partial charge in [-0.3, -0.25) is 0 Å². The number of hydrogen-bond donors (Lipinski definition) is 1. The second kappa shape index (κ2) is 2.25. The third kappa shape index (κ3) is 1.07. The molecule has 0 saturated carbocycles. The first-order valence-corrected chi connectivity index (χ1v) is 2.76. The average molecular weight is 144 g/mol. The average Bonchev–Trinajstić information content (AvgIpc) is 1.84. The van der Waals surface area contributed by atoms with Crippen LogP contribution < -0.4 is 0 Å². The van der Waals surface area contributed by atoms with Crippen molar-refractivity contribution in [2.75, 3.05) is 0 Å². The second-order valence-corrected chi connectivity index (χ2v) is 2.05. The highest BCUT2D eigenvalue weighted by molar-refractivity contribution is 5.28. The largest absolute Gasteiger partial charge is 0.505 e. The number of hydrogen-bond acceptors (Lipinski definition) is 1. The summed E-state index contributed by atoms with van der Waals surface area (Å²) >= 11 is 0. The first-order valence-electron chi connectivity index (χ1n) is 2.76. The lowest BCUT2D eigenvalue weighted by Crippen LogP contribution is -1.84. The van der Waals surface area contributed by atoms with Gasteiger partial charge in [-0.05, 0) is 18.6 Å². The fourth-order valence-electron chi connectivity index (χ4n) is 0.636. The highest BCUT2D eigenvalue weighted by Gasteiger charge is 2.03. The minimum Gasteiger partial charge on any atom is -0.505 e. The van der Waals surface area contributed by atoms with Crippen LogP contribution >= 0.6 is 0 Å². The molecule has 0 atom stereocenters. The molecule has 0 saturated heterocycles. The lowest BCUT2D eigenvalue weighted by molar-refractivity contribution is 0.425. The van der Waals surface area contributed by atoms with Crippen LogP contribution in [0.2, 0.25) is 0 Å². The van der Waals surface area contributed by atoms with Gasteiger partial charge in [-0.2, -0.15) is 0 Å². The van der Waals surface area contributed by atoms with E-state index < -0.39 is 17.4 Å². The SMILES string of the molecule is Cc1cc(F)c(O)cc1F. The van der Waals surface area contributed by atoms with Crippen LogP contribution in [0.15, 0.2) is 12.1 Å². The third-order valence-electron chi connectivity index (χ3n) is 1.23. The molecule has 54 valence electrons. The Labute approximate surface area is 56.9 Å². The quantitative estimate of drug-likeness (QED) is 0.590. The Balaban J connectivity index is 3.28. The predicted octanol–water partition coefficient (Wildman–Crippen LogP) is 1.98. The monoisotopic (exact) mass is 144 g/mol. The van der Waals surface area contributed by atoms with E-state index in [-0.39, 0.29) is 5.56 Å². The van der Waals surface area contributed by atoms with Gasteiger partial charge in [0.05, 0.1) is 0 Å². The first kappa shape index (κ1) is 6.99. The molecule has 0 aliphatic heterocycles. The van der Waals surface area contributed by atoms with Crippen molar-refractivity contribution < 1.29 is 13.9 Å². The summed E-state index contributed by atoms with van der Waals surface area (Å²) in [4.78, 5) is 0. The van der Waals surface area contributed by atoms with Crippen LogP contribution in [0.3, 0.4) is 0 Å². The lowest BCUT2D eigenvalue weighted by atomic mass is 10.2. The Morgan fingerprint density at radius 1 is 1.20 bits per heavy atom. The Morgan fingerprint density at radius 2 is 1.80 bits per heavy atom. The van der Waals surface area contributed by atoms with Crippen molar-refractivity contribution >= 4 is 0 Å². The summed E-state index contributed by atoms with van der Waals surface area (Å²) in [7, 11) is 0. The van der Waals surface area contributed by atoms with Crippen LogP contribution in [0.1, 0.15) is 5.56 Å². The van der Waals surface area contributed by atoms with Gasteiger partial charge in [0, 0.05) is 6.07 Å². The van der Waals surface area contributed by atoms with Gasteiger partial charge in [0.2, 0.25) is 0 Å². The molecule has 1 aromatic rings. The standard InChI is InChI=1S/C7H6F2O/c1-4-2-6(9)7(10)3-5(4)8/h2-3,10H,1H3. The van der Waals surface area contributed by atoms with E-state index in [0.29, 0.717) is 0 Å². The normalized spacial score (nSPS) is 9.90. The molecule has 0 radical (unpaired) electrons. The number of phenolic OH excluding ortho intramolecular Hbond substituents is 1. The van der Waals surface area contributed by atoms with Crippen molar-refractivity contribution in [3.63, 3.8) is 0 Å². The van der Waals surface area contributed by atoms with Gasteiger partial charge >= 0.3 is 0 Å². The molecule has 3 heteroatoms. The highest BCUT2D eigenvalue weighted by Crippen LogP contribution is 2.18. The molecule has 1 rings (SSSR count). The van der Waals surface area contributed by atoms with Gasteiger partial charge in [0.25, 0.3) is 0 Å². The number of rotatable bonds is 0. The van der Waals surface area contributed by atoms with Gasteiger partial charge in [-0.25, -0.2) is 8.78 Å². The summed E-state index contributed by atoms with van der Waals surface area (Å²) in [5.41, 5.74) is 0.190. The van der Waals surface area contributed by atoms with Crippen LogP contribution in [0.4, 0.5) is 8.78 Å². The summed E-state index contributed by atoms with van der Waals surface area (Å²) in [6, 6.07) is 1.70. The van der Waals surface area contributed by atoms with Gasteiger partial charge in [0.15, 0.2) is 11.6 Å². The molecule has 1 N–H and O–H groups in total. The van der Waals surface area contributed by atoms with E-state index >= 15 is 0 Å². The topological polar surface area (TPSA) is 20.2 Å². The molecule has 10 heavy (non-hydrogen) atoms. The Kier molecular flexibility index (Phi) is 1.57. The molecule has 0 aliphatic carbocycles. The second-order valence-electron chi connectivity index (χ2n) is 2.05. The molecule has 0 spiro atoms. The van der Waals surface area contributed by atoms with Crippen molar-refractivity contribution in [2.45, 2.75) is 6.92 Å². The molecule has 0 fully saturated rings. The summed E-state index contributed by atoms with van der Waals surface area (Å²) < 4.78 is 24.8. The van der Waals surface area contributed by atoms with E-state index in [1.807, 2.05) is 0 Å². The summed E-state index contributed by atoms with van der Waals surface area (Å²) in [6.45, 7) is 1.43. The Morgan fingerprint density at radius 3 is 2.30 bits per heavy atom. The van der Waals surface area contributed by atoms with Crippen LogP contribution in [-0.4, -0.2) is 5.11 Å². The zero-order valence-electron chi connectivity index (χ0n) is 5.36. The van der Waals surface area contributed by atoms with Gasteiger partial charge < -0.3 is 5.11 Å². The molecule has 0 heterocycles. The zero-order chi connectivity index (χ0) is 7.72. The minimum absolute atomic E-state index is 0.190. The fraction of sp³-hybridized carbons (Fsp3) is 0.143. The molecule has 0 amide bonds. The third-order valence-corrected chi connectivity index (χ3v) is 1.23. The smallest absolute Gasteiger partial charge is 0.165 e. The van der Waals surface area contributed by atoms with Crippen LogP contribution in [-0.2, 0) is 0 Å². The van der Waals surface area contributed by atoms with Crippen LogP contribution in [0.5, 0.6) is 5.75 Å². The van der Waals surface area contributed by atoms with Crippen molar-refractivity contribution in [1.29, 1.82) is 0 Å². The Hall–Kier alpha value is -1.12. The number of benzene rings is 1. The molecule has 1 nitrogen and oxygen atoms in total. The van der Waals surface area contributed by atoms with E-state index in [4.69, 9.17) is 5.11 Å².